The largest absolute Gasteiger partial charge is 0.422 e. The second-order valence-corrected chi connectivity index (χ2v) is 8.71. The van der Waals surface area contributed by atoms with Crippen LogP contribution in [-0.4, -0.2) is 30.1 Å². The van der Waals surface area contributed by atoms with E-state index in [1.807, 2.05) is 6.92 Å². The number of benzene rings is 1. The lowest BCUT2D eigenvalue weighted by Gasteiger charge is -2.21. The number of ether oxygens (including phenoxy) is 2. The van der Waals surface area contributed by atoms with Crippen molar-refractivity contribution in [1.82, 2.24) is 5.32 Å². The van der Waals surface area contributed by atoms with Crippen molar-refractivity contribution in [2.24, 2.45) is 10.8 Å². The Morgan fingerprint density at radius 1 is 1.00 bits per heavy atom. The fourth-order valence-electron chi connectivity index (χ4n) is 1.94. The number of carbonyl (C=O) groups is 2. The average Bonchev–Trinajstić information content (AvgIpc) is 2.54. The standard InChI is InChI=1S/C21H33NO5/c1-8-11-22-13-15(23)14-9-10-16(26-18(24)20(2,3)4)17(12-14)27-19(25)21(5,6)7/h9-10,12,15,22-23H,8,11,13H2,1-7H3/t15-/m1/s1. The van der Waals surface area contributed by atoms with Gasteiger partial charge < -0.3 is 19.9 Å². The van der Waals surface area contributed by atoms with Crippen LogP contribution in [0.4, 0.5) is 0 Å². The molecule has 0 saturated carbocycles. The maximum Gasteiger partial charge on any atom is 0.316 e. The van der Waals surface area contributed by atoms with Gasteiger partial charge in [-0.15, -0.1) is 0 Å². The van der Waals surface area contributed by atoms with E-state index in [0.29, 0.717) is 12.1 Å². The molecule has 1 aromatic carbocycles. The van der Waals surface area contributed by atoms with E-state index in [1.165, 1.54) is 0 Å². The molecule has 1 rings (SSSR count). The second-order valence-electron chi connectivity index (χ2n) is 8.71. The molecule has 0 aromatic heterocycles. The number of carbonyl (C=O) groups excluding carboxylic acids is 2. The van der Waals surface area contributed by atoms with Gasteiger partial charge in [-0.3, -0.25) is 9.59 Å². The van der Waals surface area contributed by atoms with Crippen LogP contribution in [0.1, 0.15) is 66.6 Å². The van der Waals surface area contributed by atoms with Gasteiger partial charge in [-0.25, -0.2) is 0 Å². The zero-order valence-electron chi connectivity index (χ0n) is 17.5. The molecule has 1 aromatic rings. The van der Waals surface area contributed by atoms with E-state index in [9.17, 15) is 14.7 Å². The maximum atomic E-state index is 12.3. The third-order valence-corrected chi connectivity index (χ3v) is 3.75. The summed E-state index contributed by atoms with van der Waals surface area (Å²) in [6, 6.07) is 4.76. The Morgan fingerprint density at radius 3 is 2.00 bits per heavy atom. The first kappa shape index (κ1) is 23.1. The lowest BCUT2D eigenvalue weighted by Crippen LogP contribution is -2.28. The molecule has 0 amide bonds. The third-order valence-electron chi connectivity index (χ3n) is 3.75. The second kappa shape index (κ2) is 9.33. The predicted octanol–water partition coefficient (Wildman–Crippen LogP) is 3.62. The first-order valence-electron chi connectivity index (χ1n) is 9.33. The SMILES string of the molecule is CCCNC[C@@H](O)c1ccc(OC(=O)C(C)(C)C)c(OC(=O)C(C)(C)C)c1. The number of nitrogens with one attached hydrogen (secondary N) is 1. The maximum absolute atomic E-state index is 12.3. The van der Waals surface area contributed by atoms with Crippen molar-refractivity contribution in [1.29, 1.82) is 0 Å². The molecule has 2 N–H and O–H groups in total. The van der Waals surface area contributed by atoms with Crippen LogP contribution in [0.5, 0.6) is 11.5 Å². The van der Waals surface area contributed by atoms with Crippen LogP contribution in [0.15, 0.2) is 18.2 Å². The van der Waals surface area contributed by atoms with Crippen LogP contribution >= 0.6 is 0 Å². The van der Waals surface area contributed by atoms with Crippen LogP contribution in [0.3, 0.4) is 0 Å². The highest BCUT2D eigenvalue weighted by Crippen LogP contribution is 2.34. The Labute approximate surface area is 162 Å². The summed E-state index contributed by atoms with van der Waals surface area (Å²) in [6.07, 6.45) is 0.194. The first-order valence-corrected chi connectivity index (χ1v) is 9.33. The molecule has 6 nitrogen and oxygen atoms in total. The molecular formula is C21H33NO5. The summed E-state index contributed by atoms with van der Waals surface area (Å²) < 4.78 is 10.9. The molecular weight excluding hydrogens is 346 g/mol. The van der Waals surface area contributed by atoms with Crippen molar-refractivity contribution in [3.05, 3.63) is 23.8 Å². The molecule has 0 aliphatic heterocycles. The minimum atomic E-state index is -0.768. The van der Waals surface area contributed by atoms with E-state index < -0.39 is 28.9 Å². The molecule has 27 heavy (non-hydrogen) atoms. The molecule has 0 aliphatic carbocycles. The van der Waals surface area contributed by atoms with Crippen molar-refractivity contribution >= 4 is 11.9 Å². The number of esters is 2. The molecule has 152 valence electrons. The van der Waals surface area contributed by atoms with Gasteiger partial charge in [-0.05, 0) is 72.2 Å². The molecule has 0 saturated heterocycles. The average molecular weight is 379 g/mol. The molecule has 0 radical (unpaired) electrons. The number of aliphatic hydroxyl groups excluding tert-OH is 1. The van der Waals surface area contributed by atoms with Gasteiger partial charge in [0.15, 0.2) is 11.5 Å². The number of hydrogen-bond donors (Lipinski definition) is 2. The van der Waals surface area contributed by atoms with Crippen molar-refractivity contribution in [3.63, 3.8) is 0 Å². The summed E-state index contributed by atoms with van der Waals surface area (Å²) in [6.45, 7) is 13.7. The van der Waals surface area contributed by atoms with E-state index in [-0.39, 0.29) is 11.5 Å². The summed E-state index contributed by atoms with van der Waals surface area (Å²) in [7, 11) is 0. The van der Waals surface area contributed by atoms with Crippen molar-refractivity contribution in [2.45, 2.75) is 61.0 Å². The summed E-state index contributed by atoms with van der Waals surface area (Å²) in [4.78, 5) is 24.6. The molecule has 0 heterocycles. The normalized spacial score (nSPS) is 13.2. The van der Waals surface area contributed by atoms with Crippen LogP contribution in [0.25, 0.3) is 0 Å². The van der Waals surface area contributed by atoms with E-state index >= 15 is 0 Å². The lowest BCUT2D eigenvalue weighted by molar-refractivity contribution is -0.145. The molecule has 0 bridgehead atoms. The Morgan fingerprint density at radius 2 is 1.52 bits per heavy atom. The smallest absolute Gasteiger partial charge is 0.316 e. The first-order chi connectivity index (χ1) is 12.4. The van der Waals surface area contributed by atoms with E-state index in [1.54, 1.807) is 59.7 Å². The van der Waals surface area contributed by atoms with Gasteiger partial charge in [-0.1, -0.05) is 13.0 Å². The molecule has 1 atom stereocenters. The molecule has 6 heteroatoms. The van der Waals surface area contributed by atoms with Crippen LogP contribution in [-0.2, 0) is 9.59 Å². The molecule has 0 unspecified atom stereocenters. The van der Waals surface area contributed by atoms with Crippen LogP contribution in [0.2, 0.25) is 0 Å². The Kier molecular flexibility index (Phi) is 7.99. The highest BCUT2D eigenvalue weighted by atomic mass is 16.6. The lowest BCUT2D eigenvalue weighted by atomic mass is 9.97. The van der Waals surface area contributed by atoms with Crippen molar-refractivity contribution in [3.8, 4) is 11.5 Å². The minimum Gasteiger partial charge on any atom is -0.422 e. The van der Waals surface area contributed by atoms with Gasteiger partial charge in [-0.2, -0.15) is 0 Å². The summed E-state index contributed by atoms with van der Waals surface area (Å²) in [5.41, 5.74) is -0.846. The van der Waals surface area contributed by atoms with E-state index in [0.717, 1.165) is 13.0 Å². The Hall–Kier alpha value is -1.92. The van der Waals surface area contributed by atoms with Crippen molar-refractivity contribution in [2.75, 3.05) is 13.1 Å². The zero-order chi connectivity index (χ0) is 20.8. The number of aliphatic hydroxyl groups is 1. The number of rotatable bonds is 7. The van der Waals surface area contributed by atoms with Gasteiger partial charge in [0, 0.05) is 6.54 Å². The summed E-state index contributed by atoms with van der Waals surface area (Å²) in [5.74, 6) is -0.607. The number of hydrogen-bond acceptors (Lipinski definition) is 6. The van der Waals surface area contributed by atoms with Gasteiger partial charge in [0.05, 0.1) is 16.9 Å². The quantitative estimate of drug-likeness (QED) is 0.428. The van der Waals surface area contributed by atoms with Gasteiger partial charge in [0.1, 0.15) is 0 Å². The van der Waals surface area contributed by atoms with Gasteiger partial charge in [0.25, 0.3) is 0 Å². The van der Waals surface area contributed by atoms with E-state index in [2.05, 4.69) is 5.32 Å². The monoisotopic (exact) mass is 379 g/mol. The Bertz CT molecular complexity index is 656. The topological polar surface area (TPSA) is 84.9 Å². The zero-order valence-corrected chi connectivity index (χ0v) is 17.5. The molecule has 0 spiro atoms. The predicted molar refractivity (Wildman–Crippen MR) is 105 cm³/mol. The van der Waals surface area contributed by atoms with Gasteiger partial charge in [0.2, 0.25) is 0 Å². The molecule has 0 fully saturated rings. The summed E-state index contributed by atoms with van der Waals surface area (Å²) in [5, 5.41) is 13.5. The van der Waals surface area contributed by atoms with E-state index in [4.69, 9.17) is 9.47 Å². The Balaban J connectivity index is 3.14. The van der Waals surface area contributed by atoms with Crippen LogP contribution < -0.4 is 14.8 Å². The fourth-order valence-corrected chi connectivity index (χ4v) is 1.94. The highest BCUT2D eigenvalue weighted by Gasteiger charge is 2.28. The summed E-state index contributed by atoms with van der Waals surface area (Å²) >= 11 is 0. The fraction of sp³-hybridized carbons (Fsp3) is 0.619. The van der Waals surface area contributed by atoms with Crippen molar-refractivity contribution < 1.29 is 24.2 Å². The molecule has 0 aliphatic rings. The minimum absolute atomic E-state index is 0.125. The highest BCUT2D eigenvalue weighted by molar-refractivity contribution is 5.81. The third kappa shape index (κ3) is 7.31. The van der Waals surface area contributed by atoms with Gasteiger partial charge >= 0.3 is 11.9 Å². The van der Waals surface area contributed by atoms with Crippen LogP contribution in [0, 0.1) is 10.8 Å².